The van der Waals surface area contributed by atoms with Gasteiger partial charge in [-0.25, -0.2) is 0 Å². The fraction of sp³-hybridized carbons (Fsp3) is 0.286. The van der Waals surface area contributed by atoms with Gasteiger partial charge >= 0.3 is 0 Å². The van der Waals surface area contributed by atoms with Crippen molar-refractivity contribution in [2.45, 2.75) is 6.54 Å². The lowest BCUT2D eigenvalue weighted by Crippen LogP contribution is -2.48. The molecule has 4 rings (SSSR count). The predicted octanol–water partition coefficient (Wildman–Crippen LogP) is 4.05. The largest absolute Gasteiger partial charge is 0.493 e. The maximum Gasteiger partial charge on any atom is 0.289 e. The Morgan fingerprint density at radius 1 is 1.11 bits per heavy atom. The average molecular weight is 385 g/mol. The number of piperazine rings is 1. The van der Waals surface area contributed by atoms with Gasteiger partial charge in [-0.2, -0.15) is 0 Å². The SMILES string of the molecule is COc1cccc2cc(C(=O)N3CCN(Cc4ccc(Cl)cc4)CC3)oc12. The maximum absolute atomic E-state index is 12.8. The van der Waals surface area contributed by atoms with E-state index >= 15 is 0 Å². The summed E-state index contributed by atoms with van der Waals surface area (Å²) in [7, 11) is 1.60. The molecule has 1 amide bonds. The highest BCUT2D eigenvalue weighted by molar-refractivity contribution is 6.30. The van der Waals surface area contributed by atoms with Crippen molar-refractivity contribution in [3.8, 4) is 5.75 Å². The third-order valence-electron chi connectivity index (χ3n) is 4.92. The Bertz CT molecular complexity index is 944. The molecule has 2 aromatic carbocycles. The Morgan fingerprint density at radius 2 is 1.85 bits per heavy atom. The van der Waals surface area contributed by atoms with E-state index in [0.717, 1.165) is 30.0 Å². The van der Waals surface area contributed by atoms with Crippen LogP contribution < -0.4 is 4.74 Å². The lowest BCUT2D eigenvalue weighted by atomic mass is 10.2. The van der Waals surface area contributed by atoms with Crippen molar-refractivity contribution in [2.75, 3.05) is 33.3 Å². The number of ether oxygens (including phenoxy) is 1. The summed E-state index contributed by atoms with van der Waals surface area (Å²) in [5.41, 5.74) is 1.84. The first-order chi connectivity index (χ1) is 13.1. The fourth-order valence-electron chi connectivity index (χ4n) is 3.42. The number of para-hydroxylation sites is 1. The van der Waals surface area contributed by atoms with Gasteiger partial charge in [0.25, 0.3) is 5.91 Å². The number of fused-ring (bicyclic) bond motifs is 1. The predicted molar refractivity (Wildman–Crippen MR) is 105 cm³/mol. The fourth-order valence-corrected chi connectivity index (χ4v) is 3.54. The number of furan rings is 1. The Labute approximate surface area is 163 Å². The first kappa shape index (κ1) is 17.9. The molecule has 1 aliphatic rings. The summed E-state index contributed by atoms with van der Waals surface area (Å²) in [6.07, 6.45) is 0. The number of carbonyl (C=O) groups excluding carboxylic acids is 1. The first-order valence-electron chi connectivity index (χ1n) is 8.96. The summed E-state index contributed by atoms with van der Waals surface area (Å²) in [6.45, 7) is 3.89. The van der Waals surface area contributed by atoms with Crippen molar-refractivity contribution in [3.63, 3.8) is 0 Å². The standard InChI is InChI=1S/C21H21ClN2O3/c1-26-18-4-2-3-16-13-19(27-20(16)18)21(25)24-11-9-23(10-12-24)14-15-5-7-17(22)8-6-15/h2-8,13H,9-12,14H2,1H3. The second-order valence-corrected chi connectivity index (χ2v) is 7.12. The van der Waals surface area contributed by atoms with Crippen LogP contribution in [-0.4, -0.2) is 49.0 Å². The lowest BCUT2D eigenvalue weighted by Gasteiger charge is -2.34. The number of halogens is 1. The summed E-state index contributed by atoms with van der Waals surface area (Å²) >= 11 is 5.94. The van der Waals surface area contributed by atoms with E-state index in [1.807, 2.05) is 47.4 Å². The molecule has 0 unspecified atom stereocenters. The van der Waals surface area contributed by atoms with Gasteiger partial charge in [-0.05, 0) is 29.8 Å². The van der Waals surface area contributed by atoms with E-state index in [-0.39, 0.29) is 5.91 Å². The molecule has 1 saturated heterocycles. The van der Waals surface area contributed by atoms with Crippen LogP contribution in [0.15, 0.2) is 52.9 Å². The van der Waals surface area contributed by atoms with Gasteiger partial charge in [0, 0.05) is 43.1 Å². The van der Waals surface area contributed by atoms with Gasteiger partial charge in [-0.1, -0.05) is 35.9 Å². The molecule has 6 heteroatoms. The molecule has 5 nitrogen and oxygen atoms in total. The van der Waals surface area contributed by atoms with E-state index < -0.39 is 0 Å². The number of amides is 1. The molecule has 0 radical (unpaired) electrons. The average Bonchev–Trinajstić information content (AvgIpc) is 3.14. The smallest absolute Gasteiger partial charge is 0.289 e. The Balaban J connectivity index is 1.40. The summed E-state index contributed by atoms with van der Waals surface area (Å²) in [5.74, 6) is 0.930. The van der Waals surface area contributed by atoms with E-state index in [1.54, 1.807) is 13.2 Å². The van der Waals surface area contributed by atoms with Crippen molar-refractivity contribution >= 4 is 28.5 Å². The number of benzene rings is 2. The summed E-state index contributed by atoms with van der Waals surface area (Å²) in [4.78, 5) is 17.0. The van der Waals surface area contributed by atoms with Gasteiger partial charge in [0.05, 0.1) is 7.11 Å². The zero-order chi connectivity index (χ0) is 18.8. The summed E-state index contributed by atoms with van der Waals surface area (Å²) in [6, 6.07) is 15.3. The Hall–Kier alpha value is -2.50. The quantitative estimate of drug-likeness (QED) is 0.680. The summed E-state index contributed by atoms with van der Waals surface area (Å²) in [5, 5.41) is 1.62. The first-order valence-corrected chi connectivity index (χ1v) is 9.34. The van der Waals surface area contributed by atoms with Crippen molar-refractivity contribution < 1.29 is 13.9 Å². The van der Waals surface area contributed by atoms with Crippen LogP contribution in [0.4, 0.5) is 0 Å². The highest BCUT2D eigenvalue weighted by atomic mass is 35.5. The minimum Gasteiger partial charge on any atom is -0.493 e. The lowest BCUT2D eigenvalue weighted by molar-refractivity contribution is 0.0600. The molecule has 3 aromatic rings. The van der Waals surface area contributed by atoms with Crippen molar-refractivity contribution in [3.05, 3.63) is 64.9 Å². The zero-order valence-electron chi connectivity index (χ0n) is 15.2. The van der Waals surface area contributed by atoms with Gasteiger partial charge in [0.1, 0.15) is 0 Å². The number of nitrogens with zero attached hydrogens (tertiary/aromatic N) is 2. The molecule has 0 spiro atoms. The van der Waals surface area contributed by atoms with Crippen molar-refractivity contribution in [1.29, 1.82) is 0 Å². The number of carbonyl (C=O) groups is 1. The minimum absolute atomic E-state index is 0.0700. The van der Waals surface area contributed by atoms with Crippen molar-refractivity contribution in [1.82, 2.24) is 9.80 Å². The second kappa shape index (κ2) is 7.62. The van der Waals surface area contributed by atoms with Gasteiger partial charge < -0.3 is 14.1 Å². The van der Waals surface area contributed by atoms with Crippen LogP contribution in [0.2, 0.25) is 5.02 Å². The molecule has 1 fully saturated rings. The Kier molecular flexibility index (Phi) is 5.05. The molecule has 1 aromatic heterocycles. The molecule has 27 heavy (non-hydrogen) atoms. The molecule has 0 bridgehead atoms. The van der Waals surface area contributed by atoms with E-state index in [4.69, 9.17) is 20.8 Å². The number of hydrogen-bond acceptors (Lipinski definition) is 4. The van der Waals surface area contributed by atoms with E-state index in [0.29, 0.717) is 30.2 Å². The van der Waals surface area contributed by atoms with Crippen LogP contribution in [-0.2, 0) is 6.54 Å². The minimum atomic E-state index is -0.0700. The third kappa shape index (κ3) is 3.80. The number of hydrogen-bond donors (Lipinski definition) is 0. The summed E-state index contributed by atoms with van der Waals surface area (Å²) < 4.78 is 11.1. The van der Waals surface area contributed by atoms with E-state index in [1.165, 1.54) is 5.56 Å². The Morgan fingerprint density at radius 3 is 2.56 bits per heavy atom. The normalized spacial score (nSPS) is 15.3. The number of methoxy groups -OCH3 is 1. The molecule has 2 heterocycles. The molecule has 140 valence electrons. The molecule has 0 saturated carbocycles. The topological polar surface area (TPSA) is 45.9 Å². The van der Waals surface area contributed by atoms with Gasteiger partial charge in [0.15, 0.2) is 17.1 Å². The van der Waals surface area contributed by atoms with Gasteiger partial charge in [0.2, 0.25) is 0 Å². The third-order valence-corrected chi connectivity index (χ3v) is 5.17. The zero-order valence-corrected chi connectivity index (χ0v) is 15.9. The second-order valence-electron chi connectivity index (χ2n) is 6.68. The van der Waals surface area contributed by atoms with Crippen LogP contribution in [0.25, 0.3) is 11.0 Å². The van der Waals surface area contributed by atoms with Crippen LogP contribution in [0.5, 0.6) is 5.75 Å². The molecule has 0 N–H and O–H groups in total. The van der Waals surface area contributed by atoms with Gasteiger partial charge in [-0.15, -0.1) is 0 Å². The van der Waals surface area contributed by atoms with Crippen LogP contribution in [0, 0.1) is 0 Å². The van der Waals surface area contributed by atoms with E-state index in [9.17, 15) is 4.79 Å². The molecular formula is C21H21ClN2O3. The molecule has 1 aliphatic heterocycles. The van der Waals surface area contributed by atoms with Crippen LogP contribution in [0.3, 0.4) is 0 Å². The highest BCUT2D eigenvalue weighted by Gasteiger charge is 2.25. The molecule has 0 aliphatic carbocycles. The number of rotatable bonds is 4. The molecular weight excluding hydrogens is 364 g/mol. The maximum atomic E-state index is 12.8. The highest BCUT2D eigenvalue weighted by Crippen LogP contribution is 2.29. The monoisotopic (exact) mass is 384 g/mol. The van der Waals surface area contributed by atoms with Gasteiger partial charge in [-0.3, -0.25) is 9.69 Å². The molecule has 0 atom stereocenters. The van der Waals surface area contributed by atoms with Crippen LogP contribution >= 0.6 is 11.6 Å². The van der Waals surface area contributed by atoms with E-state index in [2.05, 4.69) is 4.90 Å². The van der Waals surface area contributed by atoms with Crippen molar-refractivity contribution in [2.24, 2.45) is 0 Å². The van der Waals surface area contributed by atoms with Crippen LogP contribution in [0.1, 0.15) is 16.1 Å².